The normalized spacial score (nSPS) is 11.5. The van der Waals surface area contributed by atoms with Crippen molar-refractivity contribution >= 4 is 34.3 Å². The fourth-order valence-corrected chi connectivity index (χ4v) is 4.73. The molecule has 0 unspecified atom stereocenters. The van der Waals surface area contributed by atoms with E-state index in [9.17, 15) is 24.6 Å². The van der Waals surface area contributed by atoms with Gasteiger partial charge in [0.1, 0.15) is 11.4 Å². The molecule has 0 bridgehead atoms. The average molecular weight is 642 g/mol. The molecule has 14 heteroatoms. The smallest absolute Gasteiger partial charge is 0.255 e. The minimum atomic E-state index is -0.369. The van der Waals surface area contributed by atoms with Crippen molar-refractivity contribution in [3.8, 4) is 11.8 Å². The van der Waals surface area contributed by atoms with Gasteiger partial charge in [0, 0.05) is 36.5 Å². The molecular weight excluding hydrogens is 602 g/mol. The standard InChI is InChI=1S/C33H39N9O5/c1-21-18-27(43)41(16-6-14-34-3)32(46)29(21)39-37-24-12-10-23(11-13-24)31(45)36-25-8-5-9-26(20-25)38-40-30-22(2)19-28(44)42(33(30)47)17-7-15-35-4/h5,8-13,18-20,34-35,46-47H,6-7,14-17H2,1-4H3,(H,36,45). The molecule has 14 nitrogen and oxygen atoms in total. The van der Waals surface area contributed by atoms with Crippen LogP contribution in [0.15, 0.2) is 90.7 Å². The number of carbonyl (C=O) groups excluding carboxylic acids is 1. The zero-order chi connectivity index (χ0) is 33.9. The minimum Gasteiger partial charge on any atom is -0.493 e. The SMILES string of the molecule is CNCCCn1c(O)c(N=Nc2ccc(C(=O)Nc3cccc(N=Nc4c(C)cc(=O)n(CCCNC)c4O)c3)cc2)c(C)cc1=O. The van der Waals surface area contributed by atoms with E-state index >= 15 is 0 Å². The number of anilines is 1. The van der Waals surface area contributed by atoms with Crippen LogP contribution in [0.1, 0.15) is 34.3 Å². The van der Waals surface area contributed by atoms with Gasteiger partial charge in [-0.15, -0.1) is 10.2 Å². The number of carbonyl (C=O) groups is 1. The van der Waals surface area contributed by atoms with Crippen molar-refractivity contribution in [2.24, 2.45) is 20.5 Å². The van der Waals surface area contributed by atoms with Crippen LogP contribution in [0.3, 0.4) is 0 Å². The number of pyridine rings is 2. The molecule has 47 heavy (non-hydrogen) atoms. The van der Waals surface area contributed by atoms with E-state index in [0.29, 0.717) is 72.8 Å². The predicted molar refractivity (Wildman–Crippen MR) is 180 cm³/mol. The van der Waals surface area contributed by atoms with E-state index in [1.54, 1.807) is 62.4 Å². The van der Waals surface area contributed by atoms with E-state index in [0.717, 1.165) is 0 Å². The maximum Gasteiger partial charge on any atom is 0.255 e. The lowest BCUT2D eigenvalue weighted by molar-refractivity contribution is 0.102. The first-order valence-electron chi connectivity index (χ1n) is 15.1. The van der Waals surface area contributed by atoms with E-state index in [-0.39, 0.29) is 40.2 Å². The summed E-state index contributed by atoms with van der Waals surface area (Å²) in [6.45, 7) is 5.39. The summed E-state index contributed by atoms with van der Waals surface area (Å²) >= 11 is 0. The van der Waals surface area contributed by atoms with Crippen LogP contribution in [0.2, 0.25) is 0 Å². The highest BCUT2D eigenvalue weighted by molar-refractivity contribution is 6.04. The van der Waals surface area contributed by atoms with Crippen molar-refractivity contribution < 1.29 is 15.0 Å². The number of nitrogens with zero attached hydrogens (tertiary/aromatic N) is 6. The Balaban J connectivity index is 1.44. The third-order valence-corrected chi connectivity index (χ3v) is 7.28. The number of benzene rings is 2. The van der Waals surface area contributed by atoms with Crippen molar-refractivity contribution in [2.45, 2.75) is 39.8 Å². The lowest BCUT2D eigenvalue weighted by Gasteiger charge is -2.11. The lowest BCUT2D eigenvalue weighted by Crippen LogP contribution is -2.21. The van der Waals surface area contributed by atoms with Gasteiger partial charge in [0.15, 0.2) is 0 Å². The summed E-state index contributed by atoms with van der Waals surface area (Å²) in [5.41, 5.74) is 2.47. The maximum atomic E-state index is 13.0. The van der Waals surface area contributed by atoms with Crippen molar-refractivity contribution in [2.75, 3.05) is 32.5 Å². The number of aryl methyl sites for hydroxylation is 2. The van der Waals surface area contributed by atoms with Gasteiger partial charge in [-0.1, -0.05) is 6.07 Å². The van der Waals surface area contributed by atoms with Gasteiger partial charge in [-0.05, 0) is 107 Å². The van der Waals surface area contributed by atoms with Gasteiger partial charge in [-0.3, -0.25) is 23.5 Å². The molecule has 0 atom stereocenters. The second kappa shape index (κ2) is 16.2. The van der Waals surface area contributed by atoms with Crippen LogP contribution < -0.4 is 27.1 Å². The number of azo groups is 2. The third-order valence-electron chi connectivity index (χ3n) is 7.28. The van der Waals surface area contributed by atoms with Gasteiger partial charge in [0.2, 0.25) is 11.8 Å². The summed E-state index contributed by atoms with van der Waals surface area (Å²) in [4.78, 5) is 37.7. The maximum absolute atomic E-state index is 13.0. The summed E-state index contributed by atoms with van der Waals surface area (Å²) in [7, 11) is 3.63. The Bertz CT molecular complexity index is 1900. The molecular formula is C33H39N9O5. The largest absolute Gasteiger partial charge is 0.493 e. The second-order valence-electron chi connectivity index (χ2n) is 10.8. The molecule has 0 aliphatic heterocycles. The molecule has 1 amide bonds. The number of aromatic nitrogens is 2. The van der Waals surface area contributed by atoms with E-state index in [1.807, 2.05) is 14.1 Å². The van der Waals surface area contributed by atoms with Crippen LogP contribution in [0.5, 0.6) is 11.8 Å². The number of hydrogen-bond donors (Lipinski definition) is 5. The molecule has 0 fully saturated rings. The summed E-state index contributed by atoms with van der Waals surface area (Å²) in [6.07, 6.45) is 1.30. The van der Waals surface area contributed by atoms with Gasteiger partial charge in [0.25, 0.3) is 17.0 Å². The van der Waals surface area contributed by atoms with Crippen LogP contribution in [-0.4, -0.2) is 52.4 Å². The Kier molecular flexibility index (Phi) is 11.9. The molecule has 0 radical (unpaired) electrons. The number of hydrogen-bond acceptors (Lipinski definition) is 11. The quantitative estimate of drug-likeness (QED) is 0.0908. The summed E-state index contributed by atoms with van der Waals surface area (Å²) < 4.78 is 2.53. The fourth-order valence-electron chi connectivity index (χ4n) is 4.73. The molecule has 0 aliphatic carbocycles. The highest BCUT2D eigenvalue weighted by atomic mass is 16.3. The molecule has 0 aliphatic rings. The van der Waals surface area contributed by atoms with Gasteiger partial charge in [-0.25, -0.2) is 0 Å². The number of nitrogens with one attached hydrogen (secondary N) is 3. The van der Waals surface area contributed by atoms with E-state index in [2.05, 4.69) is 36.4 Å². The average Bonchev–Trinajstić information content (AvgIpc) is 3.04. The van der Waals surface area contributed by atoms with Gasteiger partial charge in [0.05, 0.1) is 11.4 Å². The second-order valence-corrected chi connectivity index (χ2v) is 10.8. The molecule has 0 spiro atoms. The molecule has 4 aromatic rings. The molecule has 5 N–H and O–H groups in total. The van der Waals surface area contributed by atoms with Crippen LogP contribution in [0, 0.1) is 13.8 Å². The molecule has 2 aromatic carbocycles. The van der Waals surface area contributed by atoms with Crippen molar-refractivity contribution in [1.29, 1.82) is 0 Å². The summed E-state index contributed by atoms with van der Waals surface area (Å²) in [6, 6.07) is 16.0. The third kappa shape index (κ3) is 8.83. The van der Waals surface area contributed by atoms with Crippen LogP contribution in [0.25, 0.3) is 0 Å². The number of amides is 1. The molecule has 4 rings (SSSR count). The predicted octanol–water partition coefficient (Wildman–Crippen LogP) is 5.34. The van der Waals surface area contributed by atoms with Gasteiger partial charge in [-0.2, -0.15) is 10.2 Å². The first kappa shape index (κ1) is 34.4. The van der Waals surface area contributed by atoms with Crippen LogP contribution >= 0.6 is 0 Å². The van der Waals surface area contributed by atoms with E-state index in [4.69, 9.17) is 0 Å². The molecule has 2 aromatic heterocycles. The monoisotopic (exact) mass is 641 g/mol. The highest BCUT2D eigenvalue weighted by Gasteiger charge is 2.14. The molecule has 0 saturated carbocycles. The Hall–Kier alpha value is -5.47. The Morgan fingerprint density at radius 1 is 0.702 bits per heavy atom. The Morgan fingerprint density at radius 2 is 1.21 bits per heavy atom. The molecule has 0 saturated heterocycles. The molecule has 2 heterocycles. The van der Waals surface area contributed by atoms with Gasteiger partial charge >= 0.3 is 0 Å². The summed E-state index contributed by atoms with van der Waals surface area (Å²) in [5, 5.41) is 47.0. The highest BCUT2D eigenvalue weighted by Crippen LogP contribution is 2.32. The van der Waals surface area contributed by atoms with Crippen LogP contribution in [-0.2, 0) is 13.1 Å². The first-order valence-corrected chi connectivity index (χ1v) is 15.1. The Labute approximate surface area is 271 Å². The zero-order valence-electron chi connectivity index (χ0n) is 26.8. The summed E-state index contributed by atoms with van der Waals surface area (Å²) in [5.74, 6) is -0.867. The minimum absolute atomic E-state index is 0.192. The fraction of sp³-hybridized carbons (Fsp3) is 0.303. The lowest BCUT2D eigenvalue weighted by atomic mass is 10.2. The van der Waals surface area contributed by atoms with Crippen molar-refractivity contribution in [3.05, 3.63) is 98.1 Å². The first-order chi connectivity index (χ1) is 22.6. The van der Waals surface area contributed by atoms with E-state index < -0.39 is 0 Å². The van der Waals surface area contributed by atoms with Gasteiger partial charge < -0.3 is 26.2 Å². The molecule has 246 valence electrons. The number of aromatic hydroxyl groups is 2. The topological polar surface area (TPSA) is 187 Å². The van der Waals surface area contributed by atoms with E-state index in [1.165, 1.54) is 21.3 Å². The van der Waals surface area contributed by atoms with Crippen molar-refractivity contribution in [3.63, 3.8) is 0 Å². The number of rotatable bonds is 14. The Morgan fingerprint density at radius 3 is 1.72 bits per heavy atom. The van der Waals surface area contributed by atoms with Crippen molar-refractivity contribution in [1.82, 2.24) is 19.8 Å². The van der Waals surface area contributed by atoms with Crippen LogP contribution in [0.4, 0.5) is 28.4 Å². The zero-order valence-corrected chi connectivity index (χ0v) is 26.8.